The quantitative estimate of drug-likeness (QED) is 0.849. The topological polar surface area (TPSA) is 64.4 Å². The van der Waals surface area contributed by atoms with Gasteiger partial charge in [-0.3, -0.25) is 4.79 Å². The van der Waals surface area contributed by atoms with Crippen LogP contribution < -0.4 is 15.8 Å². The summed E-state index contributed by atoms with van der Waals surface area (Å²) in [6.07, 6.45) is -2.53. The van der Waals surface area contributed by atoms with Crippen LogP contribution in [0.1, 0.15) is 12.5 Å². The van der Waals surface area contributed by atoms with Crippen LogP contribution in [0.15, 0.2) is 18.2 Å². The van der Waals surface area contributed by atoms with Gasteiger partial charge in [-0.1, -0.05) is 13.0 Å². The van der Waals surface area contributed by atoms with Gasteiger partial charge in [0.1, 0.15) is 12.4 Å². The SMILES string of the molecule is Cc1ccc(NC(=O)C(C)CN)cc1OCC(F)F.Cl. The van der Waals surface area contributed by atoms with Gasteiger partial charge in [-0.2, -0.15) is 0 Å². The van der Waals surface area contributed by atoms with E-state index in [9.17, 15) is 13.6 Å². The molecule has 1 atom stereocenters. The highest BCUT2D eigenvalue weighted by Gasteiger charge is 2.12. The van der Waals surface area contributed by atoms with Crippen molar-refractivity contribution in [2.45, 2.75) is 20.3 Å². The highest BCUT2D eigenvalue weighted by atomic mass is 35.5. The monoisotopic (exact) mass is 308 g/mol. The minimum absolute atomic E-state index is 0. The third-order valence-corrected chi connectivity index (χ3v) is 2.62. The molecule has 0 aromatic heterocycles. The van der Waals surface area contributed by atoms with Gasteiger partial charge in [0.15, 0.2) is 0 Å². The Morgan fingerprint density at radius 1 is 1.45 bits per heavy atom. The Morgan fingerprint density at radius 3 is 2.65 bits per heavy atom. The molecule has 0 saturated carbocycles. The van der Waals surface area contributed by atoms with Gasteiger partial charge in [-0.05, 0) is 18.6 Å². The lowest BCUT2D eigenvalue weighted by molar-refractivity contribution is -0.119. The Bertz CT molecular complexity index is 444. The second kappa shape index (κ2) is 8.71. The Hall–Kier alpha value is -1.40. The number of aryl methyl sites for hydroxylation is 1. The van der Waals surface area contributed by atoms with E-state index in [0.29, 0.717) is 11.4 Å². The summed E-state index contributed by atoms with van der Waals surface area (Å²) in [4.78, 5) is 11.7. The highest BCUT2D eigenvalue weighted by molar-refractivity contribution is 5.92. The normalized spacial score (nSPS) is 11.7. The number of nitrogens with one attached hydrogen (secondary N) is 1. The number of benzene rings is 1. The first-order chi connectivity index (χ1) is 8.93. The van der Waals surface area contributed by atoms with Crippen LogP contribution in [0.3, 0.4) is 0 Å². The summed E-state index contributed by atoms with van der Waals surface area (Å²) in [7, 11) is 0. The maximum atomic E-state index is 12.1. The van der Waals surface area contributed by atoms with Crippen molar-refractivity contribution in [1.82, 2.24) is 0 Å². The molecule has 114 valence electrons. The zero-order valence-corrected chi connectivity index (χ0v) is 12.2. The van der Waals surface area contributed by atoms with Gasteiger partial charge < -0.3 is 15.8 Å². The summed E-state index contributed by atoms with van der Waals surface area (Å²) in [5.41, 5.74) is 6.62. The Labute approximate surface area is 123 Å². The molecule has 1 amide bonds. The van der Waals surface area contributed by atoms with Crippen molar-refractivity contribution < 1.29 is 18.3 Å². The molecule has 0 radical (unpaired) electrons. The fourth-order valence-corrected chi connectivity index (χ4v) is 1.36. The standard InChI is InChI=1S/C13H18F2N2O2.ClH/c1-8-3-4-10(17-13(18)9(2)6-16)5-11(8)19-7-12(14)15;/h3-5,9,12H,6-7,16H2,1-2H3,(H,17,18);1H. The molecule has 0 saturated heterocycles. The van der Waals surface area contributed by atoms with E-state index in [4.69, 9.17) is 10.5 Å². The fourth-order valence-electron chi connectivity index (χ4n) is 1.36. The summed E-state index contributed by atoms with van der Waals surface area (Å²) < 4.78 is 29.2. The molecule has 0 spiro atoms. The molecule has 0 aliphatic rings. The first-order valence-electron chi connectivity index (χ1n) is 5.96. The number of nitrogens with two attached hydrogens (primary N) is 1. The van der Waals surface area contributed by atoms with E-state index in [-0.39, 0.29) is 30.8 Å². The number of carbonyl (C=O) groups excluding carboxylic acids is 1. The van der Waals surface area contributed by atoms with Crippen LogP contribution >= 0.6 is 12.4 Å². The molecule has 1 unspecified atom stereocenters. The van der Waals surface area contributed by atoms with Crippen molar-refractivity contribution in [1.29, 1.82) is 0 Å². The first-order valence-corrected chi connectivity index (χ1v) is 5.96. The van der Waals surface area contributed by atoms with Crippen LogP contribution in [0, 0.1) is 12.8 Å². The van der Waals surface area contributed by atoms with Gasteiger partial charge in [-0.25, -0.2) is 8.78 Å². The number of amides is 1. The lowest BCUT2D eigenvalue weighted by atomic mass is 10.1. The number of hydrogen-bond donors (Lipinski definition) is 2. The third kappa shape index (κ3) is 5.71. The Morgan fingerprint density at radius 2 is 2.10 bits per heavy atom. The molecule has 0 fully saturated rings. The Balaban J connectivity index is 0.00000361. The molecule has 0 aliphatic heterocycles. The fraction of sp³-hybridized carbons (Fsp3) is 0.462. The van der Waals surface area contributed by atoms with E-state index in [1.165, 1.54) is 6.07 Å². The van der Waals surface area contributed by atoms with E-state index in [2.05, 4.69) is 5.32 Å². The van der Waals surface area contributed by atoms with Gasteiger partial charge in [0, 0.05) is 24.2 Å². The first kappa shape index (κ1) is 18.6. The second-order valence-corrected chi connectivity index (χ2v) is 4.31. The van der Waals surface area contributed by atoms with E-state index >= 15 is 0 Å². The van der Waals surface area contributed by atoms with E-state index in [0.717, 1.165) is 5.56 Å². The number of rotatable bonds is 6. The minimum atomic E-state index is -2.53. The van der Waals surface area contributed by atoms with Crippen LogP contribution in [0.2, 0.25) is 0 Å². The molecule has 1 aromatic rings. The zero-order chi connectivity index (χ0) is 14.4. The predicted molar refractivity (Wildman–Crippen MR) is 76.8 cm³/mol. The summed E-state index contributed by atoms with van der Waals surface area (Å²) in [5.74, 6) is -0.198. The molecule has 0 heterocycles. The number of ether oxygens (including phenoxy) is 1. The van der Waals surface area contributed by atoms with Crippen molar-refractivity contribution in [2.24, 2.45) is 11.7 Å². The van der Waals surface area contributed by atoms with Gasteiger partial charge >= 0.3 is 0 Å². The van der Waals surface area contributed by atoms with Gasteiger partial charge in [-0.15, -0.1) is 12.4 Å². The molecule has 4 nitrogen and oxygen atoms in total. The molecular weight excluding hydrogens is 290 g/mol. The van der Waals surface area contributed by atoms with Crippen LogP contribution in [-0.2, 0) is 4.79 Å². The van der Waals surface area contributed by atoms with Crippen molar-refractivity contribution >= 4 is 24.0 Å². The van der Waals surface area contributed by atoms with Crippen LogP contribution in [0.5, 0.6) is 5.75 Å². The van der Waals surface area contributed by atoms with E-state index in [1.54, 1.807) is 26.0 Å². The summed E-state index contributed by atoms with van der Waals surface area (Å²) in [6, 6.07) is 4.91. The number of halogens is 3. The molecule has 1 rings (SSSR count). The number of carbonyl (C=O) groups is 1. The Kier molecular flexibility index (Phi) is 8.10. The second-order valence-electron chi connectivity index (χ2n) is 4.31. The van der Waals surface area contributed by atoms with E-state index < -0.39 is 13.0 Å². The van der Waals surface area contributed by atoms with Crippen LogP contribution in [0.25, 0.3) is 0 Å². The average molecular weight is 309 g/mol. The molecule has 0 aliphatic carbocycles. The molecule has 1 aromatic carbocycles. The summed E-state index contributed by atoms with van der Waals surface area (Å²) >= 11 is 0. The number of hydrogen-bond acceptors (Lipinski definition) is 3. The predicted octanol–water partition coefficient (Wildman–Crippen LogP) is 2.59. The van der Waals surface area contributed by atoms with Crippen molar-refractivity contribution in [2.75, 3.05) is 18.5 Å². The molecule has 7 heteroatoms. The maximum absolute atomic E-state index is 12.1. The van der Waals surface area contributed by atoms with E-state index in [1.807, 2.05) is 0 Å². The van der Waals surface area contributed by atoms with Gasteiger partial charge in [0.2, 0.25) is 5.91 Å². The maximum Gasteiger partial charge on any atom is 0.272 e. The molecular formula is C13H19ClF2N2O2. The molecule has 20 heavy (non-hydrogen) atoms. The zero-order valence-electron chi connectivity index (χ0n) is 11.4. The van der Waals surface area contributed by atoms with Crippen LogP contribution in [-0.4, -0.2) is 25.5 Å². The molecule has 0 bridgehead atoms. The lowest BCUT2D eigenvalue weighted by Gasteiger charge is -2.13. The smallest absolute Gasteiger partial charge is 0.272 e. The number of alkyl halides is 2. The highest BCUT2D eigenvalue weighted by Crippen LogP contribution is 2.23. The average Bonchev–Trinajstić information content (AvgIpc) is 2.38. The summed E-state index contributed by atoms with van der Waals surface area (Å²) in [6.45, 7) is 3.02. The summed E-state index contributed by atoms with van der Waals surface area (Å²) in [5, 5.41) is 2.66. The number of anilines is 1. The third-order valence-electron chi connectivity index (χ3n) is 2.62. The van der Waals surface area contributed by atoms with Gasteiger partial charge in [0.25, 0.3) is 6.43 Å². The van der Waals surface area contributed by atoms with Crippen molar-refractivity contribution in [3.63, 3.8) is 0 Å². The van der Waals surface area contributed by atoms with Gasteiger partial charge in [0.05, 0.1) is 0 Å². The van der Waals surface area contributed by atoms with Crippen LogP contribution in [0.4, 0.5) is 14.5 Å². The van der Waals surface area contributed by atoms with Crippen molar-refractivity contribution in [3.05, 3.63) is 23.8 Å². The minimum Gasteiger partial charge on any atom is -0.487 e. The molecule has 3 N–H and O–H groups in total. The lowest BCUT2D eigenvalue weighted by Crippen LogP contribution is -2.26. The largest absolute Gasteiger partial charge is 0.487 e. The van der Waals surface area contributed by atoms with Crippen molar-refractivity contribution in [3.8, 4) is 5.75 Å².